The summed E-state index contributed by atoms with van der Waals surface area (Å²) in [6, 6.07) is 5.72. The minimum absolute atomic E-state index is 0.0302. The van der Waals surface area contributed by atoms with Crippen molar-refractivity contribution >= 4 is 5.91 Å². The van der Waals surface area contributed by atoms with E-state index in [2.05, 4.69) is 10.3 Å². The number of nitrogens with one attached hydrogen (secondary N) is 1. The Balaban J connectivity index is 1.97. The van der Waals surface area contributed by atoms with E-state index in [4.69, 9.17) is 0 Å². The number of hydrogen-bond acceptors (Lipinski definition) is 3. The number of aliphatic hydroxyl groups excluding tert-OH is 1. The maximum atomic E-state index is 14.3. The van der Waals surface area contributed by atoms with E-state index >= 15 is 0 Å². The Hall–Kier alpha value is -3.54. The Morgan fingerprint density at radius 2 is 1.66 bits per heavy atom. The first-order chi connectivity index (χ1) is 16.2. The van der Waals surface area contributed by atoms with Crippen LogP contribution in [0.3, 0.4) is 0 Å². The molecule has 0 fully saturated rings. The quantitative estimate of drug-likeness (QED) is 0.411. The predicted octanol–water partition coefficient (Wildman–Crippen LogP) is 6.13. The number of nitrogens with zero attached hydrogens (tertiary/aromatic N) is 1. The van der Waals surface area contributed by atoms with Gasteiger partial charge in [-0.05, 0) is 60.5 Å². The first-order valence-electron chi connectivity index (χ1n) is 9.86. The summed E-state index contributed by atoms with van der Waals surface area (Å²) in [6.45, 7) is 1.38. The van der Waals surface area contributed by atoms with Gasteiger partial charge in [0, 0.05) is 23.4 Å². The molecule has 2 atom stereocenters. The van der Waals surface area contributed by atoms with Crippen LogP contribution < -0.4 is 5.32 Å². The van der Waals surface area contributed by atoms with Gasteiger partial charge in [-0.1, -0.05) is 0 Å². The van der Waals surface area contributed by atoms with Gasteiger partial charge in [-0.25, -0.2) is 8.78 Å². The monoisotopic (exact) mass is 504 g/mol. The van der Waals surface area contributed by atoms with Gasteiger partial charge in [0.15, 0.2) is 6.10 Å². The van der Waals surface area contributed by atoms with Crippen LogP contribution in [0.2, 0.25) is 0 Å². The zero-order chi connectivity index (χ0) is 26.1. The molecule has 1 aromatic heterocycles. The summed E-state index contributed by atoms with van der Waals surface area (Å²) < 4.78 is 105. The van der Waals surface area contributed by atoms with Gasteiger partial charge in [0.1, 0.15) is 11.6 Å². The third-order valence-corrected chi connectivity index (χ3v) is 4.99. The highest BCUT2D eigenvalue weighted by Gasteiger charge is 2.40. The first kappa shape index (κ1) is 26.1. The van der Waals surface area contributed by atoms with E-state index in [1.54, 1.807) is 0 Å². The molecule has 0 aliphatic carbocycles. The number of carbonyl (C=O) groups is 1. The van der Waals surface area contributed by atoms with Crippen LogP contribution in [-0.4, -0.2) is 22.2 Å². The number of alkyl halides is 6. The summed E-state index contributed by atoms with van der Waals surface area (Å²) in [6.07, 6.45) is -12.2. The van der Waals surface area contributed by atoms with Crippen LogP contribution in [0.5, 0.6) is 0 Å². The fourth-order valence-electron chi connectivity index (χ4n) is 3.19. The van der Waals surface area contributed by atoms with E-state index in [-0.39, 0.29) is 16.8 Å². The van der Waals surface area contributed by atoms with E-state index in [0.717, 1.165) is 42.5 Å². The lowest BCUT2D eigenvalue weighted by atomic mass is 9.96. The average Bonchev–Trinajstić information content (AvgIpc) is 2.77. The van der Waals surface area contributed by atoms with Gasteiger partial charge < -0.3 is 10.4 Å². The summed E-state index contributed by atoms with van der Waals surface area (Å²) >= 11 is 0. The Morgan fingerprint density at radius 1 is 0.971 bits per heavy atom. The number of pyridine rings is 1. The van der Waals surface area contributed by atoms with Crippen molar-refractivity contribution in [3.63, 3.8) is 0 Å². The number of aromatic nitrogens is 1. The van der Waals surface area contributed by atoms with Crippen LogP contribution in [0.25, 0.3) is 11.1 Å². The topological polar surface area (TPSA) is 62.2 Å². The molecule has 0 aliphatic rings. The summed E-state index contributed by atoms with van der Waals surface area (Å²) in [5.41, 5.74) is -2.74. The van der Waals surface area contributed by atoms with Crippen LogP contribution >= 0.6 is 0 Å². The van der Waals surface area contributed by atoms with Crippen molar-refractivity contribution in [2.75, 3.05) is 0 Å². The van der Waals surface area contributed by atoms with Gasteiger partial charge >= 0.3 is 12.4 Å². The van der Waals surface area contributed by atoms with Gasteiger partial charge in [-0.3, -0.25) is 9.78 Å². The number of hydrogen-bond donors (Lipinski definition) is 2. The maximum Gasteiger partial charge on any atom is 0.418 e. The number of rotatable bonds is 5. The highest BCUT2D eigenvalue weighted by atomic mass is 19.4. The summed E-state index contributed by atoms with van der Waals surface area (Å²) in [7, 11) is 0. The van der Waals surface area contributed by atoms with Gasteiger partial charge in [-0.15, -0.1) is 0 Å². The standard InChI is InChI=1S/C23H16F8N2O2/c1-11(19-5-2-15(10-32-19)22(26,27)28)33-21(35)14-7-12(17-4-3-16(24)9-18(17)25)6-13(8-14)20(34)23(29,30)31/h2-11,20,34H,1H3,(H,33,35)/t11-,20?/m1/s1. The molecule has 3 aromatic rings. The van der Waals surface area contributed by atoms with Crippen molar-refractivity contribution in [2.24, 2.45) is 0 Å². The van der Waals surface area contributed by atoms with E-state index in [1.807, 2.05) is 0 Å². The lowest BCUT2D eigenvalue weighted by Crippen LogP contribution is -2.28. The fourth-order valence-corrected chi connectivity index (χ4v) is 3.19. The van der Waals surface area contributed by atoms with Crippen molar-refractivity contribution in [3.05, 3.63) is 88.7 Å². The number of benzene rings is 2. The lowest BCUT2D eigenvalue weighted by molar-refractivity contribution is -0.206. The molecule has 1 unspecified atom stereocenters. The smallest absolute Gasteiger partial charge is 0.379 e. The van der Waals surface area contributed by atoms with Gasteiger partial charge in [0.25, 0.3) is 5.91 Å². The number of amides is 1. The van der Waals surface area contributed by atoms with Gasteiger partial charge in [-0.2, -0.15) is 26.3 Å². The Morgan fingerprint density at radius 3 is 2.20 bits per heavy atom. The minimum atomic E-state index is -5.11. The maximum absolute atomic E-state index is 14.3. The normalized spacial score (nSPS) is 13.9. The van der Waals surface area contributed by atoms with Crippen molar-refractivity contribution in [1.29, 1.82) is 0 Å². The Labute approximate surface area is 193 Å². The molecule has 4 nitrogen and oxygen atoms in total. The third-order valence-electron chi connectivity index (χ3n) is 4.99. The fraction of sp³-hybridized carbons (Fsp3) is 0.217. The first-order valence-corrected chi connectivity index (χ1v) is 9.86. The molecule has 186 valence electrons. The van der Waals surface area contributed by atoms with E-state index in [9.17, 15) is 45.0 Å². The van der Waals surface area contributed by atoms with Crippen molar-refractivity contribution < 1.29 is 45.0 Å². The molecule has 1 amide bonds. The Kier molecular flexibility index (Phi) is 7.16. The van der Waals surface area contributed by atoms with Crippen LogP contribution in [0, 0.1) is 11.6 Å². The highest BCUT2D eigenvalue weighted by Crippen LogP contribution is 2.36. The number of carbonyl (C=O) groups excluding carboxylic acids is 1. The molecule has 12 heteroatoms. The predicted molar refractivity (Wildman–Crippen MR) is 108 cm³/mol. The molecular formula is C23H16F8N2O2. The van der Waals surface area contributed by atoms with Crippen LogP contribution in [0.4, 0.5) is 35.1 Å². The number of halogens is 8. The lowest BCUT2D eigenvalue weighted by Gasteiger charge is -2.19. The molecular weight excluding hydrogens is 488 g/mol. The zero-order valence-corrected chi connectivity index (χ0v) is 17.7. The highest BCUT2D eigenvalue weighted by molar-refractivity contribution is 5.96. The van der Waals surface area contributed by atoms with Crippen LogP contribution in [0.1, 0.15) is 46.2 Å². The Bertz CT molecular complexity index is 1220. The van der Waals surface area contributed by atoms with E-state index < -0.39 is 58.7 Å². The molecule has 1 heterocycles. The second kappa shape index (κ2) is 9.61. The second-order valence-electron chi connectivity index (χ2n) is 7.58. The molecule has 0 saturated heterocycles. The van der Waals surface area contributed by atoms with E-state index in [0.29, 0.717) is 12.3 Å². The zero-order valence-electron chi connectivity index (χ0n) is 17.7. The van der Waals surface area contributed by atoms with Crippen molar-refractivity contribution in [2.45, 2.75) is 31.4 Å². The molecule has 0 bridgehead atoms. The molecule has 2 aromatic carbocycles. The van der Waals surface area contributed by atoms with Crippen LogP contribution in [-0.2, 0) is 6.18 Å². The van der Waals surface area contributed by atoms with Gasteiger partial charge in [0.05, 0.1) is 17.3 Å². The molecule has 35 heavy (non-hydrogen) atoms. The molecule has 2 N–H and O–H groups in total. The second-order valence-corrected chi connectivity index (χ2v) is 7.58. The average molecular weight is 504 g/mol. The minimum Gasteiger partial charge on any atom is -0.379 e. The summed E-state index contributed by atoms with van der Waals surface area (Å²) in [5.74, 6) is -3.02. The summed E-state index contributed by atoms with van der Waals surface area (Å²) in [4.78, 5) is 16.4. The number of aliphatic hydroxyl groups is 1. The van der Waals surface area contributed by atoms with Crippen molar-refractivity contribution in [1.82, 2.24) is 10.3 Å². The van der Waals surface area contributed by atoms with Gasteiger partial charge in [0.2, 0.25) is 0 Å². The molecule has 0 saturated carbocycles. The third kappa shape index (κ3) is 6.13. The molecule has 0 spiro atoms. The van der Waals surface area contributed by atoms with E-state index in [1.165, 1.54) is 6.92 Å². The SMILES string of the molecule is C[C@@H](NC(=O)c1cc(-c2ccc(F)cc2F)cc(C(O)C(F)(F)F)c1)c1ccc(C(F)(F)F)cn1. The molecule has 0 radical (unpaired) electrons. The molecule has 3 rings (SSSR count). The van der Waals surface area contributed by atoms with Crippen LogP contribution in [0.15, 0.2) is 54.7 Å². The summed E-state index contributed by atoms with van der Waals surface area (Å²) in [5, 5.41) is 12.1. The van der Waals surface area contributed by atoms with Crippen molar-refractivity contribution in [3.8, 4) is 11.1 Å². The molecule has 0 aliphatic heterocycles. The largest absolute Gasteiger partial charge is 0.418 e.